The Hall–Kier alpha value is -2.24. The van der Waals surface area contributed by atoms with Gasteiger partial charge >= 0.3 is 0 Å². The number of hydrogen-bond donors (Lipinski definition) is 1. The molecule has 128 valence electrons. The molecule has 1 aromatic heterocycles. The maximum atomic E-state index is 12.1. The topological polar surface area (TPSA) is 51.2 Å². The van der Waals surface area contributed by atoms with Crippen LogP contribution in [0.4, 0.5) is 0 Å². The van der Waals surface area contributed by atoms with Crippen molar-refractivity contribution in [3.8, 4) is 0 Å². The summed E-state index contributed by atoms with van der Waals surface area (Å²) < 4.78 is 6.68. The molecule has 4 nitrogen and oxygen atoms in total. The SMILES string of the molecule is O=C(COCc1nc2ccccc2s1)NCC1(c2ccccc2)CC1. The third-order valence-corrected chi connectivity index (χ3v) is 5.67. The van der Waals surface area contributed by atoms with Gasteiger partial charge in [0.15, 0.2) is 0 Å². The number of thiazole rings is 1. The number of nitrogens with one attached hydrogen (secondary N) is 1. The number of rotatable bonds is 7. The van der Waals surface area contributed by atoms with Crippen LogP contribution in [0.25, 0.3) is 10.2 Å². The summed E-state index contributed by atoms with van der Waals surface area (Å²) in [6.07, 6.45) is 2.26. The first-order valence-corrected chi connectivity index (χ1v) is 9.31. The van der Waals surface area contributed by atoms with Crippen LogP contribution < -0.4 is 5.32 Å². The lowest BCUT2D eigenvalue weighted by Gasteiger charge is -2.16. The van der Waals surface area contributed by atoms with Gasteiger partial charge in [-0.25, -0.2) is 4.98 Å². The molecule has 0 bridgehead atoms. The Balaban J connectivity index is 1.24. The molecule has 1 fully saturated rings. The highest BCUT2D eigenvalue weighted by atomic mass is 32.1. The third kappa shape index (κ3) is 3.72. The highest BCUT2D eigenvalue weighted by molar-refractivity contribution is 7.18. The lowest BCUT2D eigenvalue weighted by Crippen LogP contribution is -2.34. The molecule has 1 N–H and O–H groups in total. The van der Waals surface area contributed by atoms with Gasteiger partial charge in [0.1, 0.15) is 11.6 Å². The number of benzene rings is 2. The minimum atomic E-state index is -0.0664. The van der Waals surface area contributed by atoms with Crippen molar-refractivity contribution in [2.75, 3.05) is 13.2 Å². The molecule has 3 aromatic rings. The molecule has 4 rings (SSSR count). The lowest BCUT2D eigenvalue weighted by molar-refractivity contribution is -0.126. The molecule has 5 heteroatoms. The smallest absolute Gasteiger partial charge is 0.246 e. The van der Waals surface area contributed by atoms with Crippen LogP contribution in [0.1, 0.15) is 23.4 Å². The molecule has 25 heavy (non-hydrogen) atoms. The van der Waals surface area contributed by atoms with Crippen LogP contribution >= 0.6 is 11.3 Å². The van der Waals surface area contributed by atoms with Gasteiger partial charge in [0.25, 0.3) is 0 Å². The Bertz CT molecular complexity index is 839. The Labute approximate surface area is 150 Å². The number of amides is 1. The van der Waals surface area contributed by atoms with E-state index in [0.29, 0.717) is 13.2 Å². The van der Waals surface area contributed by atoms with Crippen molar-refractivity contribution in [2.45, 2.75) is 24.9 Å². The standard InChI is InChI=1S/C20H20N2O2S/c23-18(21-14-20(10-11-20)15-6-2-1-3-7-15)12-24-13-19-22-16-8-4-5-9-17(16)25-19/h1-9H,10-14H2,(H,21,23). The second-order valence-corrected chi connectivity index (χ2v) is 7.61. The van der Waals surface area contributed by atoms with Crippen molar-refractivity contribution in [2.24, 2.45) is 0 Å². The summed E-state index contributed by atoms with van der Waals surface area (Å²) in [6.45, 7) is 1.12. The summed E-state index contributed by atoms with van der Waals surface area (Å²) in [6, 6.07) is 18.4. The van der Waals surface area contributed by atoms with Crippen LogP contribution in [0.15, 0.2) is 54.6 Å². The van der Waals surface area contributed by atoms with Gasteiger partial charge in [-0.05, 0) is 30.5 Å². The quantitative estimate of drug-likeness (QED) is 0.706. The zero-order valence-corrected chi connectivity index (χ0v) is 14.7. The van der Waals surface area contributed by atoms with E-state index in [4.69, 9.17) is 4.74 Å². The first kappa shape index (κ1) is 16.2. The van der Waals surface area contributed by atoms with Crippen molar-refractivity contribution in [3.63, 3.8) is 0 Å². The summed E-state index contributed by atoms with van der Waals surface area (Å²) >= 11 is 1.61. The number of aromatic nitrogens is 1. The van der Waals surface area contributed by atoms with Crippen LogP contribution in [0.2, 0.25) is 0 Å². The number of para-hydroxylation sites is 1. The van der Waals surface area contributed by atoms with Gasteiger partial charge in [0.2, 0.25) is 5.91 Å². The van der Waals surface area contributed by atoms with Gasteiger partial charge in [-0.15, -0.1) is 11.3 Å². The fourth-order valence-corrected chi connectivity index (χ4v) is 3.95. The van der Waals surface area contributed by atoms with E-state index in [9.17, 15) is 4.79 Å². The van der Waals surface area contributed by atoms with Crippen LogP contribution in [0.5, 0.6) is 0 Å². The van der Waals surface area contributed by atoms with Crippen molar-refractivity contribution in [3.05, 3.63) is 65.2 Å². The van der Waals surface area contributed by atoms with Crippen LogP contribution in [0.3, 0.4) is 0 Å². The van der Waals surface area contributed by atoms with Gasteiger partial charge in [0, 0.05) is 12.0 Å². The first-order valence-electron chi connectivity index (χ1n) is 8.50. The average Bonchev–Trinajstić information content (AvgIpc) is 3.33. The van der Waals surface area contributed by atoms with E-state index < -0.39 is 0 Å². The second-order valence-electron chi connectivity index (χ2n) is 6.49. The fraction of sp³-hybridized carbons (Fsp3) is 0.300. The maximum Gasteiger partial charge on any atom is 0.246 e. The van der Waals surface area contributed by atoms with E-state index in [1.54, 1.807) is 11.3 Å². The number of ether oxygens (including phenoxy) is 1. The van der Waals surface area contributed by atoms with Gasteiger partial charge < -0.3 is 10.1 Å². The molecule has 2 aromatic carbocycles. The molecule has 0 aliphatic heterocycles. The Morgan fingerprint density at radius 1 is 1.12 bits per heavy atom. The van der Waals surface area contributed by atoms with Crippen molar-refractivity contribution in [1.82, 2.24) is 10.3 Å². The minimum Gasteiger partial charge on any atom is -0.364 e. The number of carbonyl (C=O) groups excluding carboxylic acids is 1. The Morgan fingerprint density at radius 2 is 1.88 bits per heavy atom. The third-order valence-electron chi connectivity index (χ3n) is 4.66. The predicted molar refractivity (Wildman–Crippen MR) is 99.6 cm³/mol. The summed E-state index contributed by atoms with van der Waals surface area (Å²) in [7, 11) is 0. The van der Waals surface area contributed by atoms with Crippen molar-refractivity contribution < 1.29 is 9.53 Å². The van der Waals surface area contributed by atoms with E-state index in [2.05, 4.69) is 34.6 Å². The number of hydrogen-bond acceptors (Lipinski definition) is 4. The molecule has 1 aliphatic carbocycles. The number of nitrogens with zero attached hydrogens (tertiary/aromatic N) is 1. The van der Waals surface area contributed by atoms with Crippen molar-refractivity contribution in [1.29, 1.82) is 0 Å². The van der Waals surface area contributed by atoms with Gasteiger partial charge in [-0.2, -0.15) is 0 Å². The summed E-state index contributed by atoms with van der Waals surface area (Å²) in [5.41, 5.74) is 2.42. The lowest BCUT2D eigenvalue weighted by atomic mass is 9.96. The fourth-order valence-electron chi connectivity index (χ4n) is 3.04. The molecule has 0 unspecified atom stereocenters. The highest BCUT2D eigenvalue weighted by Gasteiger charge is 2.44. The molecule has 1 heterocycles. The first-order chi connectivity index (χ1) is 12.3. The number of fused-ring (bicyclic) bond motifs is 1. The molecule has 1 saturated carbocycles. The monoisotopic (exact) mass is 352 g/mol. The van der Waals surface area contributed by atoms with Crippen LogP contribution in [-0.4, -0.2) is 24.0 Å². The molecule has 0 radical (unpaired) electrons. The molecule has 0 spiro atoms. The summed E-state index contributed by atoms with van der Waals surface area (Å²) in [5.74, 6) is -0.0664. The Kier molecular flexibility index (Phi) is 4.51. The normalized spacial score (nSPS) is 15.2. The molecular formula is C20H20N2O2S. The van der Waals surface area contributed by atoms with E-state index in [1.807, 2.05) is 30.3 Å². The molecule has 1 amide bonds. The van der Waals surface area contributed by atoms with Crippen LogP contribution in [-0.2, 0) is 21.6 Å². The second kappa shape index (κ2) is 6.94. The predicted octanol–water partition coefficient (Wildman–Crippen LogP) is 3.66. The number of carbonyl (C=O) groups is 1. The Morgan fingerprint density at radius 3 is 2.64 bits per heavy atom. The zero-order chi connectivity index (χ0) is 17.1. The molecule has 0 saturated heterocycles. The molecule has 1 aliphatic rings. The van der Waals surface area contributed by atoms with Gasteiger partial charge in [0.05, 0.1) is 16.8 Å². The van der Waals surface area contributed by atoms with Crippen LogP contribution in [0, 0.1) is 0 Å². The van der Waals surface area contributed by atoms with E-state index in [0.717, 1.165) is 28.1 Å². The van der Waals surface area contributed by atoms with Gasteiger partial charge in [-0.1, -0.05) is 42.5 Å². The molecule has 0 atom stereocenters. The molecular weight excluding hydrogens is 332 g/mol. The zero-order valence-electron chi connectivity index (χ0n) is 13.9. The van der Waals surface area contributed by atoms with Gasteiger partial charge in [-0.3, -0.25) is 4.79 Å². The average molecular weight is 352 g/mol. The largest absolute Gasteiger partial charge is 0.364 e. The van der Waals surface area contributed by atoms with E-state index in [1.165, 1.54) is 5.56 Å². The maximum absolute atomic E-state index is 12.1. The van der Waals surface area contributed by atoms with Crippen molar-refractivity contribution >= 4 is 27.5 Å². The summed E-state index contributed by atoms with van der Waals surface area (Å²) in [4.78, 5) is 16.6. The summed E-state index contributed by atoms with van der Waals surface area (Å²) in [5, 5.41) is 3.92. The highest BCUT2D eigenvalue weighted by Crippen LogP contribution is 2.47. The van der Waals surface area contributed by atoms with E-state index >= 15 is 0 Å². The minimum absolute atomic E-state index is 0.0664. The van der Waals surface area contributed by atoms with E-state index in [-0.39, 0.29) is 17.9 Å².